The van der Waals surface area contributed by atoms with Crippen LogP contribution in [0.1, 0.15) is 12.5 Å². The lowest BCUT2D eigenvalue weighted by atomic mass is 10.2. The summed E-state index contributed by atoms with van der Waals surface area (Å²) in [6.45, 7) is 2.01. The molecule has 2 rings (SSSR count). The highest BCUT2D eigenvalue weighted by Gasteiger charge is 2.12. The maximum atomic E-state index is 13.8. The van der Waals surface area contributed by atoms with E-state index in [1.165, 1.54) is 29.3 Å². The molecule has 7 heteroatoms. The maximum Gasteiger partial charge on any atom is 0.165 e. The molecule has 2 aromatic rings. The molecule has 1 heterocycles. The Bertz CT molecular complexity index is 577. The number of hydrogen-bond donors (Lipinski definition) is 0. The standard InChI is InChI=1S/C12H10ClF2NOS2/c1-2-17-10-4-8(14)7(3-9(10)15)6-18-12-16-5-11(13)19-12/h3-5H,2,6H2,1H3. The first-order valence-corrected chi connectivity index (χ1v) is 7.63. The van der Waals surface area contributed by atoms with Gasteiger partial charge in [-0.15, -0.1) is 0 Å². The van der Waals surface area contributed by atoms with Gasteiger partial charge in [0.2, 0.25) is 0 Å². The molecule has 2 nitrogen and oxygen atoms in total. The number of thioether (sulfide) groups is 1. The van der Waals surface area contributed by atoms with Crippen LogP contribution in [0.2, 0.25) is 4.34 Å². The first kappa shape index (κ1) is 14.6. The number of rotatable bonds is 5. The van der Waals surface area contributed by atoms with Crippen LogP contribution in [0.15, 0.2) is 22.7 Å². The van der Waals surface area contributed by atoms with Crippen molar-refractivity contribution in [3.8, 4) is 5.75 Å². The lowest BCUT2D eigenvalue weighted by Gasteiger charge is -2.07. The fourth-order valence-corrected chi connectivity index (χ4v) is 3.48. The minimum Gasteiger partial charge on any atom is -0.491 e. The predicted octanol–water partition coefficient (Wildman–Crippen LogP) is 4.77. The van der Waals surface area contributed by atoms with Crippen molar-refractivity contribution in [1.82, 2.24) is 4.98 Å². The van der Waals surface area contributed by atoms with Gasteiger partial charge in [0.05, 0.1) is 12.8 Å². The highest BCUT2D eigenvalue weighted by molar-refractivity contribution is 8.00. The van der Waals surface area contributed by atoms with Gasteiger partial charge >= 0.3 is 0 Å². The Morgan fingerprint density at radius 1 is 1.37 bits per heavy atom. The van der Waals surface area contributed by atoms with Gasteiger partial charge in [0.1, 0.15) is 10.2 Å². The van der Waals surface area contributed by atoms with E-state index in [1.54, 1.807) is 6.92 Å². The molecule has 1 aromatic heterocycles. The number of thiazole rings is 1. The number of nitrogens with zero attached hydrogens (tertiary/aromatic N) is 1. The Morgan fingerprint density at radius 2 is 2.16 bits per heavy atom. The summed E-state index contributed by atoms with van der Waals surface area (Å²) < 4.78 is 33.7. The molecule has 0 saturated carbocycles. The molecule has 0 aliphatic heterocycles. The van der Waals surface area contributed by atoms with E-state index in [1.807, 2.05) is 0 Å². The van der Waals surface area contributed by atoms with Crippen LogP contribution >= 0.6 is 34.7 Å². The Hall–Kier alpha value is -0.850. The SMILES string of the molecule is CCOc1cc(F)c(CSc2ncc(Cl)s2)cc1F. The highest BCUT2D eigenvalue weighted by atomic mass is 35.5. The van der Waals surface area contributed by atoms with E-state index in [9.17, 15) is 8.78 Å². The molecule has 0 aliphatic rings. The molecule has 0 radical (unpaired) electrons. The molecular weight excluding hydrogens is 312 g/mol. The molecule has 0 spiro atoms. The minimum atomic E-state index is -0.559. The molecule has 19 heavy (non-hydrogen) atoms. The van der Waals surface area contributed by atoms with Gasteiger partial charge in [-0.1, -0.05) is 34.7 Å². The number of benzene rings is 1. The molecule has 0 bridgehead atoms. The van der Waals surface area contributed by atoms with Crippen LogP contribution in [-0.2, 0) is 5.75 Å². The molecule has 0 amide bonds. The van der Waals surface area contributed by atoms with Crippen molar-refractivity contribution >= 4 is 34.7 Å². The van der Waals surface area contributed by atoms with E-state index in [-0.39, 0.29) is 11.3 Å². The summed E-state index contributed by atoms with van der Waals surface area (Å²) in [5.74, 6) is -0.819. The van der Waals surface area contributed by atoms with Crippen molar-refractivity contribution in [3.63, 3.8) is 0 Å². The van der Waals surface area contributed by atoms with Gasteiger partial charge in [0, 0.05) is 17.4 Å². The van der Waals surface area contributed by atoms with Gasteiger partial charge in [-0.25, -0.2) is 13.8 Å². The second-order valence-electron chi connectivity index (χ2n) is 3.53. The lowest BCUT2D eigenvalue weighted by molar-refractivity contribution is 0.319. The Labute approximate surface area is 122 Å². The topological polar surface area (TPSA) is 22.1 Å². The molecule has 0 atom stereocenters. The van der Waals surface area contributed by atoms with E-state index < -0.39 is 11.6 Å². The van der Waals surface area contributed by atoms with Gasteiger partial charge in [0.25, 0.3) is 0 Å². The molecule has 0 saturated heterocycles. The molecule has 0 aliphatic carbocycles. The van der Waals surface area contributed by atoms with Crippen LogP contribution < -0.4 is 4.74 Å². The second-order valence-corrected chi connectivity index (χ2v) is 6.41. The Balaban J connectivity index is 2.10. The van der Waals surface area contributed by atoms with Gasteiger partial charge in [0.15, 0.2) is 15.9 Å². The molecule has 0 unspecified atom stereocenters. The quantitative estimate of drug-likeness (QED) is 0.741. The fourth-order valence-electron chi connectivity index (χ4n) is 1.39. The number of hydrogen-bond acceptors (Lipinski definition) is 4. The van der Waals surface area contributed by atoms with Crippen molar-refractivity contribution in [1.29, 1.82) is 0 Å². The fraction of sp³-hybridized carbons (Fsp3) is 0.250. The van der Waals surface area contributed by atoms with Crippen molar-refractivity contribution < 1.29 is 13.5 Å². The van der Waals surface area contributed by atoms with Gasteiger partial charge in [-0.3, -0.25) is 0 Å². The molecule has 102 valence electrons. The monoisotopic (exact) mass is 321 g/mol. The molecule has 0 fully saturated rings. The maximum absolute atomic E-state index is 13.8. The number of aromatic nitrogens is 1. The average molecular weight is 322 g/mol. The van der Waals surface area contributed by atoms with E-state index in [0.717, 1.165) is 16.5 Å². The summed E-state index contributed by atoms with van der Waals surface area (Å²) in [6, 6.07) is 2.23. The Kier molecular flexibility index (Phi) is 5.01. The van der Waals surface area contributed by atoms with Gasteiger partial charge in [-0.05, 0) is 13.0 Å². The zero-order chi connectivity index (χ0) is 13.8. The molecular formula is C12H10ClF2NOS2. The van der Waals surface area contributed by atoms with Crippen molar-refractivity contribution in [2.45, 2.75) is 17.0 Å². The van der Waals surface area contributed by atoms with E-state index in [0.29, 0.717) is 16.7 Å². The zero-order valence-corrected chi connectivity index (χ0v) is 12.3. The third kappa shape index (κ3) is 3.81. The summed E-state index contributed by atoms with van der Waals surface area (Å²) >= 11 is 8.36. The zero-order valence-electron chi connectivity index (χ0n) is 9.95. The third-order valence-electron chi connectivity index (χ3n) is 2.21. The first-order valence-electron chi connectivity index (χ1n) is 5.45. The van der Waals surface area contributed by atoms with Crippen LogP contribution in [0.4, 0.5) is 8.78 Å². The van der Waals surface area contributed by atoms with Gasteiger partial charge in [-0.2, -0.15) is 0 Å². The van der Waals surface area contributed by atoms with E-state index in [4.69, 9.17) is 16.3 Å². The summed E-state index contributed by atoms with van der Waals surface area (Å²) in [6.07, 6.45) is 1.53. The normalized spacial score (nSPS) is 10.7. The summed E-state index contributed by atoms with van der Waals surface area (Å²) in [5.41, 5.74) is 0.275. The lowest BCUT2D eigenvalue weighted by Crippen LogP contribution is -1.98. The minimum absolute atomic E-state index is 0.0638. The average Bonchev–Trinajstić information content (AvgIpc) is 2.78. The van der Waals surface area contributed by atoms with E-state index in [2.05, 4.69) is 4.98 Å². The molecule has 1 aromatic carbocycles. The van der Waals surface area contributed by atoms with E-state index >= 15 is 0 Å². The summed E-state index contributed by atoms with van der Waals surface area (Å²) in [5, 5.41) is 0. The third-order valence-corrected chi connectivity index (χ3v) is 4.53. The van der Waals surface area contributed by atoms with Crippen molar-refractivity contribution in [2.75, 3.05) is 6.61 Å². The van der Waals surface area contributed by atoms with Crippen LogP contribution in [0, 0.1) is 11.6 Å². The summed E-state index contributed by atoms with van der Waals surface area (Å²) in [4.78, 5) is 4.04. The molecule has 0 N–H and O–H groups in total. The van der Waals surface area contributed by atoms with Crippen molar-refractivity contribution in [2.24, 2.45) is 0 Å². The number of halogens is 3. The van der Waals surface area contributed by atoms with Crippen molar-refractivity contribution in [3.05, 3.63) is 39.9 Å². The van der Waals surface area contributed by atoms with Crippen LogP contribution in [0.25, 0.3) is 0 Å². The number of ether oxygens (including phenoxy) is 1. The van der Waals surface area contributed by atoms with Gasteiger partial charge < -0.3 is 4.74 Å². The highest BCUT2D eigenvalue weighted by Crippen LogP contribution is 2.31. The van der Waals surface area contributed by atoms with Crippen LogP contribution in [-0.4, -0.2) is 11.6 Å². The van der Waals surface area contributed by atoms with Crippen LogP contribution in [0.3, 0.4) is 0 Å². The Morgan fingerprint density at radius 3 is 2.79 bits per heavy atom. The smallest absolute Gasteiger partial charge is 0.165 e. The predicted molar refractivity (Wildman–Crippen MR) is 74.2 cm³/mol. The largest absolute Gasteiger partial charge is 0.491 e. The summed E-state index contributed by atoms with van der Waals surface area (Å²) in [7, 11) is 0. The second kappa shape index (κ2) is 6.54. The first-order chi connectivity index (χ1) is 9.10. The van der Waals surface area contributed by atoms with Crippen LogP contribution in [0.5, 0.6) is 5.75 Å².